The molecule has 1 fully saturated rings. The van der Waals surface area contributed by atoms with Crippen molar-refractivity contribution < 1.29 is 9.59 Å². The molecule has 0 bridgehead atoms. The highest BCUT2D eigenvalue weighted by Crippen LogP contribution is 2.23. The monoisotopic (exact) mass is 350 g/mol. The van der Waals surface area contributed by atoms with Gasteiger partial charge in [-0.25, -0.2) is 0 Å². The van der Waals surface area contributed by atoms with Crippen LogP contribution in [0.15, 0.2) is 36.4 Å². The normalized spacial score (nSPS) is 14.3. The average molecular weight is 350 g/mol. The van der Waals surface area contributed by atoms with Crippen LogP contribution in [0.25, 0.3) is 0 Å². The molecule has 0 heterocycles. The van der Waals surface area contributed by atoms with Gasteiger partial charge >= 0.3 is 0 Å². The number of benzene rings is 2. The summed E-state index contributed by atoms with van der Waals surface area (Å²) < 4.78 is 0. The van der Waals surface area contributed by atoms with E-state index in [0.29, 0.717) is 11.1 Å². The van der Waals surface area contributed by atoms with Crippen LogP contribution in [0.5, 0.6) is 0 Å². The number of carbonyl (C=O) groups excluding carboxylic acids is 2. The summed E-state index contributed by atoms with van der Waals surface area (Å²) in [5.41, 5.74) is 5.09. The first-order chi connectivity index (χ1) is 12.4. The fourth-order valence-electron chi connectivity index (χ4n) is 3.70. The lowest BCUT2D eigenvalue weighted by Crippen LogP contribution is -2.32. The maximum Gasteiger partial charge on any atom is 0.255 e. The van der Waals surface area contributed by atoms with Gasteiger partial charge in [-0.1, -0.05) is 36.6 Å². The molecule has 0 unspecified atom stereocenters. The first kappa shape index (κ1) is 18.2. The molecule has 0 aromatic heterocycles. The van der Waals surface area contributed by atoms with Crippen molar-refractivity contribution in [3.63, 3.8) is 0 Å². The topological polar surface area (TPSA) is 58.2 Å². The molecule has 4 heteroatoms. The minimum absolute atomic E-state index is 0.103. The molecule has 136 valence electrons. The maximum absolute atomic E-state index is 12.7. The summed E-state index contributed by atoms with van der Waals surface area (Å²) in [6.07, 6.45) is 4.42. The van der Waals surface area contributed by atoms with Gasteiger partial charge in [-0.3, -0.25) is 9.59 Å². The molecule has 0 radical (unpaired) electrons. The van der Waals surface area contributed by atoms with Crippen molar-refractivity contribution in [1.82, 2.24) is 5.32 Å². The molecule has 2 aromatic carbocycles. The summed E-state index contributed by atoms with van der Waals surface area (Å²) in [6.45, 7) is 6.01. The molecule has 2 amide bonds. The van der Waals surface area contributed by atoms with Crippen molar-refractivity contribution in [2.75, 3.05) is 5.32 Å². The molecule has 0 spiro atoms. The Bertz CT molecular complexity index is 813. The number of hydrogen-bond acceptors (Lipinski definition) is 2. The van der Waals surface area contributed by atoms with Crippen molar-refractivity contribution in [2.24, 2.45) is 0 Å². The van der Waals surface area contributed by atoms with E-state index in [9.17, 15) is 9.59 Å². The molecule has 4 nitrogen and oxygen atoms in total. The number of aryl methyl sites for hydroxylation is 3. The van der Waals surface area contributed by atoms with Crippen molar-refractivity contribution in [2.45, 2.75) is 52.5 Å². The van der Waals surface area contributed by atoms with Crippen LogP contribution < -0.4 is 10.6 Å². The fraction of sp³-hybridized carbons (Fsp3) is 0.364. The standard InChI is InChI=1S/C22H26N2O2/c1-14-11-15(2)20(16(3)12-14)24-22(26)18-8-6-7-17(13-18)21(25)23-19-9-4-5-10-19/h6-8,11-13,19H,4-5,9-10H2,1-3H3,(H,23,25)(H,24,26). The van der Waals surface area contributed by atoms with E-state index in [0.717, 1.165) is 29.7 Å². The molecule has 26 heavy (non-hydrogen) atoms. The summed E-state index contributed by atoms with van der Waals surface area (Å²) in [6, 6.07) is 11.3. The van der Waals surface area contributed by atoms with E-state index in [2.05, 4.69) is 10.6 Å². The van der Waals surface area contributed by atoms with E-state index in [1.807, 2.05) is 32.9 Å². The van der Waals surface area contributed by atoms with E-state index in [-0.39, 0.29) is 17.9 Å². The SMILES string of the molecule is Cc1cc(C)c(NC(=O)c2cccc(C(=O)NC3CCCC3)c2)c(C)c1. The zero-order chi connectivity index (χ0) is 18.7. The predicted octanol–water partition coefficient (Wildman–Crippen LogP) is 4.54. The van der Waals surface area contributed by atoms with Gasteiger partial charge in [-0.15, -0.1) is 0 Å². The van der Waals surface area contributed by atoms with Gasteiger partial charge in [0.25, 0.3) is 11.8 Å². The minimum atomic E-state index is -0.199. The highest BCUT2D eigenvalue weighted by atomic mass is 16.2. The van der Waals surface area contributed by atoms with Crippen LogP contribution in [-0.2, 0) is 0 Å². The Morgan fingerprint density at radius 1 is 0.885 bits per heavy atom. The second-order valence-corrected chi connectivity index (χ2v) is 7.26. The van der Waals surface area contributed by atoms with Gasteiger partial charge in [-0.2, -0.15) is 0 Å². The zero-order valence-electron chi connectivity index (χ0n) is 15.7. The smallest absolute Gasteiger partial charge is 0.255 e. The molecule has 2 aromatic rings. The van der Waals surface area contributed by atoms with Gasteiger partial charge in [-0.05, 0) is 62.9 Å². The van der Waals surface area contributed by atoms with Crippen LogP contribution in [-0.4, -0.2) is 17.9 Å². The van der Waals surface area contributed by atoms with Crippen molar-refractivity contribution in [1.29, 1.82) is 0 Å². The Kier molecular flexibility index (Phi) is 5.40. The molecule has 3 rings (SSSR count). The Balaban J connectivity index is 1.75. The van der Waals surface area contributed by atoms with Crippen LogP contribution >= 0.6 is 0 Å². The van der Waals surface area contributed by atoms with E-state index < -0.39 is 0 Å². The molecule has 2 N–H and O–H groups in total. The summed E-state index contributed by atoms with van der Waals surface area (Å²) in [7, 11) is 0. The molecular formula is C22H26N2O2. The van der Waals surface area contributed by atoms with E-state index in [4.69, 9.17) is 0 Å². The van der Waals surface area contributed by atoms with Crippen molar-refractivity contribution in [3.05, 3.63) is 64.2 Å². The quantitative estimate of drug-likeness (QED) is 0.851. The first-order valence-corrected chi connectivity index (χ1v) is 9.24. The lowest BCUT2D eigenvalue weighted by molar-refractivity contribution is 0.0938. The Labute approximate surface area is 155 Å². The maximum atomic E-state index is 12.7. The van der Waals surface area contributed by atoms with Crippen molar-refractivity contribution in [3.8, 4) is 0 Å². The molecule has 0 aliphatic heterocycles. The lowest BCUT2D eigenvalue weighted by Gasteiger charge is -2.14. The van der Waals surface area contributed by atoms with Gasteiger partial charge in [0.1, 0.15) is 0 Å². The second-order valence-electron chi connectivity index (χ2n) is 7.26. The Morgan fingerprint density at radius 3 is 2.08 bits per heavy atom. The highest BCUT2D eigenvalue weighted by molar-refractivity contribution is 6.06. The number of rotatable bonds is 4. The highest BCUT2D eigenvalue weighted by Gasteiger charge is 2.19. The van der Waals surface area contributed by atoms with Crippen molar-refractivity contribution >= 4 is 17.5 Å². The van der Waals surface area contributed by atoms with Crippen LogP contribution in [0.3, 0.4) is 0 Å². The van der Waals surface area contributed by atoms with Crippen LogP contribution in [0, 0.1) is 20.8 Å². The van der Waals surface area contributed by atoms with Crippen LogP contribution in [0.2, 0.25) is 0 Å². The first-order valence-electron chi connectivity index (χ1n) is 9.24. The Morgan fingerprint density at radius 2 is 1.46 bits per heavy atom. The zero-order valence-corrected chi connectivity index (χ0v) is 15.7. The Hall–Kier alpha value is -2.62. The van der Waals surface area contributed by atoms with E-state index in [1.54, 1.807) is 24.3 Å². The lowest BCUT2D eigenvalue weighted by atomic mass is 10.0. The third-order valence-electron chi connectivity index (χ3n) is 4.99. The van der Waals surface area contributed by atoms with Gasteiger partial charge in [0.05, 0.1) is 0 Å². The average Bonchev–Trinajstić information content (AvgIpc) is 3.11. The largest absolute Gasteiger partial charge is 0.349 e. The molecule has 1 aliphatic rings. The number of amides is 2. The van der Waals surface area contributed by atoms with Crippen LogP contribution in [0.1, 0.15) is 63.1 Å². The number of anilines is 1. The fourth-order valence-corrected chi connectivity index (χ4v) is 3.70. The second kappa shape index (κ2) is 7.73. The molecule has 0 saturated heterocycles. The van der Waals surface area contributed by atoms with Crippen LogP contribution in [0.4, 0.5) is 5.69 Å². The summed E-state index contributed by atoms with van der Waals surface area (Å²) >= 11 is 0. The van der Waals surface area contributed by atoms with Gasteiger partial charge < -0.3 is 10.6 Å². The summed E-state index contributed by atoms with van der Waals surface area (Å²) in [4.78, 5) is 25.1. The van der Waals surface area contributed by atoms with E-state index in [1.165, 1.54) is 18.4 Å². The number of carbonyl (C=O) groups is 2. The van der Waals surface area contributed by atoms with Gasteiger partial charge in [0, 0.05) is 22.9 Å². The summed E-state index contributed by atoms with van der Waals surface area (Å²) in [5, 5.41) is 6.06. The molecule has 1 saturated carbocycles. The van der Waals surface area contributed by atoms with Gasteiger partial charge in [0.15, 0.2) is 0 Å². The summed E-state index contributed by atoms with van der Waals surface area (Å²) in [5.74, 6) is -0.301. The van der Waals surface area contributed by atoms with E-state index >= 15 is 0 Å². The minimum Gasteiger partial charge on any atom is -0.349 e. The third kappa shape index (κ3) is 4.13. The molecule has 0 atom stereocenters. The van der Waals surface area contributed by atoms with Gasteiger partial charge in [0.2, 0.25) is 0 Å². The molecule has 1 aliphatic carbocycles. The predicted molar refractivity (Wildman–Crippen MR) is 105 cm³/mol. The molecular weight excluding hydrogens is 324 g/mol. The number of hydrogen-bond donors (Lipinski definition) is 2. The number of nitrogens with one attached hydrogen (secondary N) is 2. The third-order valence-corrected chi connectivity index (χ3v) is 4.99.